The van der Waals surface area contributed by atoms with Crippen molar-refractivity contribution in [2.45, 2.75) is 51.9 Å². The Kier molecular flexibility index (Phi) is 2.20. The lowest BCUT2D eigenvalue weighted by Gasteiger charge is -2.38. The monoisotopic (exact) mass is 152 g/mol. The van der Waals surface area contributed by atoms with Crippen molar-refractivity contribution in [1.82, 2.24) is 0 Å². The Bertz CT molecular complexity index is 128. The maximum atomic E-state index is 2.44. The van der Waals surface area contributed by atoms with Crippen LogP contribution in [0.4, 0.5) is 0 Å². The van der Waals surface area contributed by atoms with Crippen LogP contribution in [0.25, 0.3) is 0 Å². The first-order chi connectivity index (χ1) is 5.36. The van der Waals surface area contributed by atoms with Gasteiger partial charge in [0.15, 0.2) is 0 Å². The van der Waals surface area contributed by atoms with Gasteiger partial charge in [-0.05, 0) is 30.6 Å². The summed E-state index contributed by atoms with van der Waals surface area (Å²) in [6.45, 7) is 2.44. The van der Waals surface area contributed by atoms with E-state index in [0.29, 0.717) is 0 Å². The maximum absolute atomic E-state index is 2.44. The van der Waals surface area contributed by atoms with Crippen molar-refractivity contribution in [3.05, 3.63) is 0 Å². The molecule has 64 valence electrons. The summed E-state index contributed by atoms with van der Waals surface area (Å²) in [5.74, 6) is 3.31. The molecular formula is C11H20. The molecule has 2 saturated carbocycles. The third kappa shape index (κ3) is 1.60. The summed E-state index contributed by atoms with van der Waals surface area (Å²) < 4.78 is 0. The number of fused-ring (bicyclic) bond motifs is 1. The maximum Gasteiger partial charge on any atom is -0.0383 e. The van der Waals surface area contributed by atoms with Crippen molar-refractivity contribution in [3.63, 3.8) is 0 Å². The van der Waals surface area contributed by atoms with Crippen LogP contribution in [-0.4, -0.2) is 0 Å². The highest BCUT2D eigenvalue weighted by molar-refractivity contribution is 4.81. The van der Waals surface area contributed by atoms with E-state index in [1.54, 1.807) is 25.7 Å². The summed E-state index contributed by atoms with van der Waals surface area (Å²) >= 11 is 0. The fraction of sp³-hybridized carbons (Fsp3) is 1.00. The zero-order valence-electron chi connectivity index (χ0n) is 7.68. The first-order valence-electron chi connectivity index (χ1n) is 5.36. The molecule has 2 fully saturated rings. The molecule has 0 amide bonds. The Morgan fingerprint density at radius 2 is 1.55 bits per heavy atom. The molecule has 0 aromatic heterocycles. The molecule has 0 nitrogen and oxygen atoms in total. The molecule has 3 atom stereocenters. The zero-order chi connectivity index (χ0) is 7.68. The smallest absolute Gasteiger partial charge is 0.0383 e. The lowest BCUT2D eigenvalue weighted by Crippen LogP contribution is -2.26. The van der Waals surface area contributed by atoms with Gasteiger partial charge in [-0.3, -0.25) is 0 Å². The summed E-state index contributed by atoms with van der Waals surface area (Å²) in [5, 5.41) is 0. The standard InChI is InChI=1S/C11H20/c1-9-6-7-10-4-2-3-5-11(10)8-9/h9-11H,2-8H2,1H3/t9?,10-,11?/m0/s1. The van der Waals surface area contributed by atoms with E-state index in [-0.39, 0.29) is 0 Å². The second kappa shape index (κ2) is 3.16. The lowest BCUT2D eigenvalue weighted by atomic mass is 9.68. The van der Waals surface area contributed by atoms with E-state index >= 15 is 0 Å². The van der Waals surface area contributed by atoms with Crippen molar-refractivity contribution in [1.29, 1.82) is 0 Å². The van der Waals surface area contributed by atoms with Crippen molar-refractivity contribution < 1.29 is 0 Å². The average Bonchev–Trinajstić information content (AvgIpc) is 2.04. The average molecular weight is 152 g/mol. The van der Waals surface area contributed by atoms with Crippen LogP contribution >= 0.6 is 0 Å². The van der Waals surface area contributed by atoms with Gasteiger partial charge >= 0.3 is 0 Å². The molecule has 0 spiro atoms. The summed E-state index contributed by atoms with van der Waals surface area (Å²) in [4.78, 5) is 0. The highest BCUT2D eigenvalue weighted by atomic mass is 14.4. The lowest BCUT2D eigenvalue weighted by molar-refractivity contribution is 0.137. The van der Waals surface area contributed by atoms with E-state index in [9.17, 15) is 0 Å². The fourth-order valence-electron chi connectivity index (χ4n) is 3.11. The van der Waals surface area contributed by atoms with E-state index in [2.05, 4.69) is 6.92 Å². The Labute approximate surface area is 70.4 Å². The van der Waals surface area contributed by atoms with Crippen molar-refractivity contribution in [2.24, 2.45) is 17.8 Å². The summed E-state index contributed by atoms with van der Waals surface area (Å²) in [6, 6.07) is 0. The number of hydrogen-bond acceptors (Lipinski definition) is 0. The normalized spacial score (nSPS) is 45.0. The van der Waals surface area contributed by atoms with E-state index in [1.807, 2.05) is 0 Å². The first kappa shape index (κ1) is 7.64. The Balaban J connectivity index is 1.93. The Morgan fingerprint density at radius 1 is 0.818 bits per heavy atom. The highest BCUT2D eigenvalue weighted by Gasteiger charge is 2.29. The molecule has 2 aliphatic carbocycles. The van der Waals surface area contributed by atoms with Gasteiger partial charge in [0.2, 0.25) is 0 Å². The first-order valence-corrected chi connectivity index (χ1v) is 5.36. The minimum atomic E-state index is 1.04. The molecule has 0 heteroatoms. The summed E-state index contributed by atoms with van der Waals surface area (Å²) in [7, 11) is 0. The molecule has 0 aliphatic heterocycles. The van der Waals surface area contributed by atoms with Crippen LogP contribution in [0.5, 0.6) is 0 Å². The van der Waals surface area contributed by atoms with Crippen LogP contribution in [0.3, 0.4) is 0 Å². The summed E-state index contributed by atoms with van der Waals surface area (Å²) in [6.07, 6.45) is 10.8. The topological polar surface area (TPSA) is 0 Å². The molecule has 0 saturated heterocycles. The summed E-state index contributed by atoms with van der Waals surface area (Å²) in [5.41, 5.74) is 0. The third-order valence-corrected chi connectivity index (χ3v) is 3.80. The molecule has 2 unspecified atom stereocenters. The largest absolute Gasteiger partial charge is 0.0625 e. The number of hydrogen-bond donors (Lipinski definition) is 0. The minimum Gasteiger partial charge on any atom is -0.0625 e. The van der Waals surface area contributed by atoms with Crippen molar-refractivity contribution in [2.75, 3.05) is 0 Å². The molecule has 11 heavy (non-hydrogen) atoms. The van der Waals surface area contributed by atoms with E-state index in [4.69, 9.17) is 0 Å². The van der Waals surface area contributed by atoms with Crippen LogP contribution in [-0.2, 0) is 0 Å². The molecular weight excluding hydrogens is 132 g/mol. The molecule has 0 radical (unpaired) electrons. The van der Waals surface area contributed by atoms with E-state index in [1.165, 1.54) is 19.3 Å². The van der Waals surface area contributed by atoms with Crippen LogP contribution in [0.2, 0.25) is 0 Å². The van der Waals surface area contributed by atoms with Gasteiger partial charge in [-0.15, -0.1) is 0 Å². The van der Waals surface area contributed by atoms with Gasteiger partial charge in [-0.25, -0.2) is 0 Å². The van der Waals surface area contributed by atoms with Gasteiger partial charge in [0.05, 0.1) is 0 Å². The van der Waals surface area contributed by atoms with Gasteiger partial charge in [-0.1, -0.05) is 39.0 Å². The highest BCUT2D eigenvalue weighted by Crippen LogP contribution is 2.42. The molecule has 0 aromatic rings. The second-order valence-electron chi connectivity index (χ2n) is 4.72. The quantitative estimate of drug-likeness (QED) is 0.497. The predicted octanol–water partition coefficient (Wildman–Crippen LogP) is 3.61. The van der Waals surface area contributed by atoms with Gasteiger partial charge < -0.3 is 0 Å². The minimum absolute atomic E-state index is 1.04. The van der Waals surface area contributed by atoms with Crippen molar-refractivity contribution >= 4 is 0 Å². The van der Waals surface area contributed by atoms with Gasteiger partial charge in [0, 0.05) is 0 Å². The van der Waals surface area contributed by atoms with E-state index < -0.39 is 0 Å². The van der Waals surface area contributed by atoms with Crippen LogP contribution in [0.15, 0.2) is 0 Å². The zero-order valence-corrected chi connectivity index (χ0v) is 7.68. The van der Waals surface area contributed by atoms with Gasteiger partial charge in [0.25, 0.3) is 0 Å². The fourth-order valence-corrected chi connectivity index (χ4v) is 3.11. The Morgan fingerprint density at radius 3 is 2.36 bits per heavy atom. The van der Waals surface area contributed by atoms with Crippen LogP contribution in [0.1, 0.15) is 51.9 Å². The van der Waals surface area contributed by atoms with E-state index in [0.717, 1.165) is 17.8 Å². The molecule has 0 heterocycles. The molecule has 2 rings (SSSR count). The van der Waals surface area contributed by atoms with Gasteiger partial charge in [0.1, 0.15) is 0 Å². The second-order valence-corrected chi connectivity index (χ2v) is 4.72. The SMILES string of the molecule is CC1CC[C@@H]2CCCCC2C1. The number of rotatable bonds is 0. The van der Waals surface area contributed by atoms with Crippen LogP contribution < -0.4 is 0 Å². The third-order valence-electron chi connectivity index (χ3n) is 3.80. The predicted molar refractivity (Wildman–Crippen MR) is 48.5 cm³/mol. The molecule has 0 N–H and O–H groups in total. The van der Waals surface area contributed by atoms with Crippen molar-refractivity contribution in [3.8, 4) is 0 Å². The molecule has 0 bridgehead atoms. The Hall–Kier alpha value is 0. The molecule has 2 aliphatic rings. The van der Waals surface area contributed by atoms with Gasteiger partial charge in [-0.2, -0.15) is 0 Å². The molecule has 0 aromatic carbocycles. The van der Waals surface area contributed by atoms with Crippen LogP contribution in [0, 0.1) is 17.8 Å².